The minimum absolute atomic E-state index is 0.0770. The zero-order chi connectivity index (χ0) is 16.0. The van der Waals surface area contributed by atoms with Crippen molar-refractivity contribution in [2.75, 3.05) is 27.2 Å². The first-order valence-electron chi connectivity index (χ1n) is 7.46. The van der Waals surface area contributed by atoms with Crippen LogP contribution in [0.3, 0.4) is 0 Å². The van der Waals surface area contributed by atoms with Crippen molar-refractivity contribution >= 4 is 11.8 Å². The Labute approximate surface area is 130 Å². The monoisotopic (exact) mass is 305 g/mol. The van der Waals surface area contributed by atoms with Crippen LogP contribution in [-0.4, -0.2) is 44.7 Å². The van der Waals surface area contributed by atoms with E-state index in [1.807, 2.05) is 12.1 Å². The molecule has 6 nitrogen and oxygen atoms in total. The van der Waals surface area contributed by atoms with Crippen molar-refractivity contribution in [1.29, 1.82) is 0 Å². The molecular weight excluding hydrogens is 282 g/mol. The third kappa shape index (κ3) is 3.64. The minimum Gasteiger partial charge on any atom is -0.368 e. The number of carbonyl (C=O) groups is 2. The van der Waals surface area contributed by atoms with Crippen molar-refractivity contribution < 1.29 is 14.3 Å². The molecule has 0 radical (unpaired) electrons. The van der Waals surface area contributed by atoms with Gasteiger partial charge in [0.15, 0.2) is 0 Å². The zero-order valence-electron chi connectivity index (χ0n) is 13.1. The maximum Gasteiger partial charge on any atom is 0.252 e. The summed E-state index contributed by atoms with van der Waals surface area (Å²) >= 11 is 0. The topological polar surface area (TPSA) is 79.5 Å². The zero-order valence-corrected chi connectivity index (χ0v) is 13.1. The number of amides is 2. The van der Waals surface area contributed by atoms with Crippen LogP contribution in [0.15, 0.2) is 24.3 Å². The molecule has 1 aliphatic rings. The van der Waals surface area contributed by atoms with Crippen LogP contribution in [-0.2, 0) is 16.1 Å². The first-order valence-corrected chi connectivity index (χ1v) is 7.46. The fraction of sp³-hybridized carbons (Fsp3) is 0.500. The quantitative estimate of drug-likeness (QED) is 0.737. The van der Waals surface area contributed by atoms with Gasteiger partial charge in [0, 0.05) is 26.3 Å². The Morgan fingerprint density at radius 3 is 2.41 bits per heavy atom. The van der Waals surface area contributed by atoms with Crippen LogP contribution >= 0.6 is 0 Å². The SMILES string of the molecule is CNC(=O)c1ccc(CNC(=O)C2(OC)CCNCC2)cc1. The van der Waals surface area contributed by atoms with Gasteiger partial charge in [-0.15, -0.1) is 0 Å². The highest BCUT2D eigenvalue weighted by Crippen LogP contribution is 2.22. The Bertz CT molecular complexity index is 522. The maximum atomic E-state index is 12.4. The number of methoxy groups -OCH3 is 1. The largest absolute Gasteiger partial charge is 0.368 e. The van der Waals surface area contributed by atoms with Gasteiger partial charge in [-0.25, -0.2) is 0 Å². The molecule has 2 rings (SSSR count). The van der Waals surface area contributed by atoms with Crippen molar-refractivity contribution in [2.45, 2.75) is 25.0 Å². The van der Waals surface area contributed by atoms with E-state index in [1.54, 1.807) is 26.3 Å². The summed E-state index contributed by atoms with van der Waals surface area (Å²) in [6.45, 7) is 1.98. The highest BCUT2D eigenvalue weighted by molar-refractivity contribution is 5.94. The normalized spacial score (nSPS) is 16.8. The first kappa shape index (κ1) is 16.5. The number of hydrogen-bond donors (Lipinski definition) is 3. The van der Waals surface area contributed by atoms with Crippen LogP contribution < -0.4 is 16.0 Å². The average molecular weight is 305 g/mol. The van der Waals surface area contributed by atoms with Gasteiger partial charge in [0.05, 0.1) is 0 Å². The van der Waals surface area contributed by atoms with Gasteiger partial charge in [0.25, 0.3) is 11.8 Å². The van der Waals surface area contributed by atoms with Gasteiger partial charge in [-0.05, 0) is 43.6 Å². The fourth-order valence-electron chi connectivity index (χ4n) is 2.62. The summed E-state index contributed by atoms with van der Waals surface area (Å²) in [5.41, 5.74) is 0.818. The van der Waals surface area contributed by atoms with Gasteiger partial charge in [-0.1, -0.05) is 12.1 Å². The molecule has 1 fully saturated rings. The van der Waals surface area contributed by atoms with E-state index in [-0.39, 0.29) is 11.8 Å². The molecule has 0 unspecified atom stereocenters. The van der Waals surface area contributed by atoms with Gasteiger partial charge >= 0.3 is 0 Å². The van der Waals surface area contributed by atoms with E-state index in [0.29, 0.717) is 24.9 Å². The van der Waals surface area contributed by atoms with Crippen molar-refractivity contribution in [3.05, 3.63) is 35.4 Å². The third-order valence-electron chi connectivity index (χ3n) is 4.11. The number of carbonyl (C=O) groups excluding carboxylic acids is 2. The highest BCUT2D eigenvalue weighted by atomic mass is 16.5. The van der Waals surface area contributed by atoms with E-state index in [4.69, 9.17) is 4.74 Å². The summed E-state index contributed by atoms with van der Waals surface area (Å²) in [6, 6.07) is 7.17. The molecule has 0 saturated carbocycles. The van der Waals surface area contributed by atoms with Crippen LogP contribution in [0.2, 0.25) is 0 Å². The summed E-state index contributed by atoms with van der Waals surface area (Å²) in [4.78, 5) is 23.9. The molecule has 1 aliphatic heterocycles. The summed E-state index contributed by atoms with van der Waals surface area (Å²) < 4.78 is 5.49. The van der Waals surface area contributed by atoms with Crippen molar-refractivity contribution in [3.63, 3.8) is 0 Å². The van der Waals surface area contributed by atoms with E-state index in [2.05, 4.69) is 16.0 Å². The molecular formula is C16H23N3O3. The minimum atomic E-state index is -0.729. The lowest BCUT2D eigenvalue weighted by atomic mass is 9.91. The second kappa shape index (κ2) is 7.38. The van der Waals surface area contributed by atoms with E-state index in [1.165, 1.54) is 0 Å². The second-order valence-corrected chi connectivity index (χ2v) is 5.41. The Balaban J connectivity index is 1.94. The van der Waals surface area contributed by atoms with Crippen molar-refractivity contribution in [1.82, 2.24) is 16.0 Å². The lowest BCUT2D eigenvalue weighted by molar-refractivity contribution is -0.146. The first-order chi connectivity index (χ1) is 10.6. The Morgan fingerprint density at radius 2 is 1.86 bits per heavy atom. The van der Waals surface area contributed by atoms with Crippen LogP contribution in [0.1, 0.15) is 28.8 Å². The molecule has 0 atom stereocenters. The molecule has 0 bridgehead atoms. The number of benzene rings is 1. The Hall–Kier alpha value is -1.92. The number of piperidine rings is 1. The van der Waals surface area contributed by atoms with Gasteiger partial charge in [0.1, 0.15) is 5.60 Å². The van der Waals surface area contributed by atoms with Crippen LogP contribution in [0, 0.1) is 0 Å². The molecule has 0 aromatic heterocycles. The number of ether oxygens (including phenoxy) is 1. The third-order valence-corrected chi connectivity index (χ3v) is 4.11. The van der Waals surface area contributed by atoms with E-state index >= 15 is 0 Å². The maximum absolute atomic E-state index is 12.4. The molecule has 0 aliphatic carbocycles. The molecule has 1 heterocycles. The molecule has 6 heteroatoms. The molecule has 120 valence electrons. The smallest absolute Gasteiger partial charge is 0.252 e. The molecule has 3 N–H and O–H groups in total. The fourth-order valence-corrected chi connectivity index (χ4v) is 2.62. The van der Waals surface area contributed by atoms with Gasteiger partial charge in [0.2, 0.25) is 0 Å². The van der Waals surface area contributed by atoms with Gasteiger partial charge < -0.3 is 20.7 Å². The van der Waals surface area contributed by atoms with Gasteiger partial charge in [-0.3, -0.25) is 9.59 Å². The lowest BCUT2D eigenvalue weighted by Crippen LogP contribution is -2.53. The van der Waals surface area contributed by atoms with E-state index in [0.717, 1.165) is 18.7 Å². The Morgan fingerprint density at radius 1 is 1.23 bits per heavy atom. The van der Waals surface area contributed by atoms with Crippen LogP contribution in [0.4, 0.5) is 0 Å². The molecule has 22 heavy (non-hydrogen) atoms. The number of rotatable bonds is 5. The van der Waals surface area contributed by atoms with Crippen molar-refractivity contribution in [3.8, 4) is 0 Å². The van der Waals surface area contributed by atoms with Crippen LogP contribution in [0.25, 0.3) is 0 Å². The summed E-state index contributed by atoms with van der Waals surface area (Å²) in [7, 11) is 3.18. The van der Waals surface area contributed by atoms with Gasteiger partial charge in [-0.2, -0.15) is 0 Å². The van der Waals surface area contributed by atoms with E-state index in [9.17, 15) is 9.59 Å². The lowest BCUT2D eigenvalue weighted by Gasteiger charge is -2.34. The molecule has 2 amide bonds. The molecule has 0 spiro atoms. The molecule has 1 aromatic carbocycles. The van der Waals surface area contributed by atoms with Crippen LogP contribution in [0.5, 0.6) is 0 Å². The Kier molecular flexibility index (Phi) is 5.51. The predicted octanol–water partition coefficient (Wildman–Crippen LogP) is 0.431. The van der Waals surface area contributed by atoms with Crippen molar-refractivity contribution in [2.24, 2.45) is 0 Å². The predicted molar refractivity (Wildman–Crippen MR) is 83.5 cm³/mol. The molecule has 1 saturated heterocycles. The van der Waals surface area contributed by atoms with E-state index < -0.39 is 5.60 Å². The number of hydrogen-bond acceptors (Lipinski definition) is 4. The second-order valence-electron chi connectivity index (χ2n) is 5.41. The number of nitrogens with one attached hydrogen (secondary N) is 3. The average Bonchev–Trinajstić information content (AvgIpc) is 2.59. The standard InChI is InChI=1S/C16H23N3O3/c1-17-14(20)13-5-3-12(4-6-13)11-19-15(21)16(22-2)7-9-18-10-8-16/h3-6,18H,7-11H2,1-2H3,(H,17,20)(H,19,21). The summed E-state index contributed by atoms with van der Waals surface area (Å²) in [5.74, 6) is -0.199. The summed E-state index contributed by atoms with van der Waals surface area (Å²) in [5, 5.41) is 8.73. The summed E-state index contributed by atoms with van der Waals surface area (Å²) in [6.07, 6.45) is 1.34. The molecule has 1 aromatic rings. The highest BCUT2D eigenvalue weighted by Gasteiger charge is 2.39.